The van der Waals surface area contributed by atoms with Crippen molar-refractivity contribution in [2.45, 2.75) is 58.0 Å². The molecule has 1 saturated carbocycles. The van der Waals surface area contributed by atoms with Crippen molar-refractivity contribution >= 4 is 17.2 Å². The van der Waals surface area contributed by atoms with E-state index in [-0.39, 0.29) is 0 Å². The molecule has 1 aliphatic carbocycles. The molecule has 0 amide bonds. The summed E-state index contributed by atoms with van der Waals surface area (Å²) in [6.07, 6.45) is 12.3. The van der Waals surface area contributed by atoms with E-state index >= 15 is 0 Å². The molecule has 0 saturated heterocycles. The molecule has 0 radical (unpaired) electrons. The van der Waals surface area contributed by atoms with E-state index in [1.54, 1.807) is 0 Å². The van der Waals surface area contributed by atoms with Gasteiger partial charge in [0.05, 0.1) is 10.7 Å². The normalized spacial score (nSPS) is 18.8. The summed E-state index contributed by atoms with van der Waals surface area (Å²) in [7, 11) is 0. The number of nitrogens with zero attached hydrogens (tertiary/aromatic N) is 2. The lowest BCUT2D eigenvalue weighted by atomic mass is 9.93. The molecule has 0 spiro atoms. The van der Waals surface area contributed by atoms with E-state index in [4.69, 9.17) is 11.6 Å². The van der Waals surface area contributed by atoms with Crippen LogP contribution in [0.4, 0.5) is 0 Å². The lowest BCUT2D eigenvalue weighted by molar-refractivity contribution is 0.336. The molecule has 3 rings (SSSR count). The van der Waals surface area contributed by atoms with Crippen molar-refractivity contribution in [1.82, 2.24) is 14.7 Å². The summed E-state index contributed by atoms with van der Waals surface area (Å²) >= 11 is 6.01. The van der Waals surface area contributed by atoms with Crippen LogP contribution in [0.3, 0.4) is 0 Å². The molecule has 0 bridgehead atoms. The maximum atomic E-state index is 6.01. The summed E-state index contributed by atoms with van der Waals surface area (Å²) < 4.78 is 2.00. The first-order valence-electron chi connectivity index (χ1n) is 8.09. The highest BCUT2D eigenvalue weighted by molar-refractivity contribution is 6.30. The minimum atomic E-state index is 0.566. The molecule has 1 aliphatic rings. The highest BCUT2D eigenvalue weighted by Crippen LogP contribution is 2.25. The number of nitrogens with one attached hydrogen (secondary N) is 1. The lowest BCUT2D eigenvalue weighted by Crippen LogP contribution is -2.33. The summed E-state index contributed by atoms with van der Waals surface area (Å²) in [6.45, 7) is 3.15. The predicted molar refractivity (Wildman–Crippen MR) is 87.7 cm³/mol. The second-order valence-electron chi connectivity index (χ2n) is 6.27. The molecule has 3 nitrogen and oxygen atoms in total. The van der Waals surface area contributed by atoms with Crippen LogP contribution in [0.1, 0.15) is 51.1 Å². The number of fused-ring (bicyclic) bond motifs is 1. The Morgan fingerprint density at radius 1 is 1.24 bits per heavy atom. The standard InChI is InChI=1S/C17H24ClN3/c1-13(14-6-4-2-3-5-7-14)19-10-16-12-21-11-15(18)8-9-17(21)20-16/h8-9,11-14,19H,2-7,10H2,1H3/t13-/m0/s1. The number of halogens is 1. The molecule has 0 unspecified atom stereocenters. The molecule has 0 aliphatic heterocycles. The zero-order valence-electron chi connectivity index (χ0n) is 12.7. The Bertz CT molecular complexity index is 585. The van der Waals surface area contributed by atoms with Gasteiger partial charge in [-0.3, -0.25) is 0 Å². The summed E-state index contributed by atoms with van der Waals surface area (Å²) in [5.41, 5.74) is 2.04. The van der Waals surface area contributed by atoms with E-state index in [1.165, 1.54) is 38.5 Å². The van der Waals surface area contributed by atoms with Crippen LogP contribution in [0.2, 0.25) is 5.02 Å². The van der Waals surface area contributed by atoms with E-state index in [1.807, 2.05) is 22.7 Å². The van der Waals surface area contributed by atoms with E-state index in [9.17, 15) is 0 Å². The Balaban J connectivity index is 1.60. The molecule has 1 fully saturated rings. The molecule has 21 heavy (non-hydrogen) atoms. The fourth-order valence-electron chi connectivity index (χ4n) is 3.35. The smallest absolute Gasteiger partial charge is 0.137 e. The van der Waals surface area contributed by atoms with Crippen molar-refractivity contribution in [2.75, 3.05) is 0 Å². The van der Waals surface area contributed by atoms with Crippen LogP contribution in [0.5, 0.6) is 0 Å². The largest absolute Gasteiger partial charge is 0.308 e. The number of rotatable bonds is 4. The van der Waals surface area contributed by atoms with Crippen molar-refractivity contribution in [3.05, 3.63) is 35.2 Å². The first-order valence-corrected chi connectivity index (χ1v) is 8.47. The number of imidazole rings is 1. The second kappa shape index (κ2) is 6.80. The van der Waals surface area contributed by atoms with Gasteiger partial charge in [-0.25, -0.2) is 4.98 Å². The van der Waals surface area contributed by atoms with E-state index in [0.29, 0.717) is 6.04 Å². The van der Waals surface area contributed by atoms with Gasteiger partial charge in [-0.1, -0.05) is 37.3 Å². The number of hydrogen-bond donors (Lipinski definition) is 1. The summed E-state index contributed by atoms with van der Waals surface area (Å²) in [5.74, 6) is 0.818. The maximum Gasteiger partial charge on any atom is 0.137 e. The highest BCUT2D eigenvalue weighted by atomic mass is 35.5. The molecular weight excluding hydrogens is 282 g/mol. The Labute approximate surface area is 131 Å². The Morgan fingerprint density at radius 2 is 2.00 bits per heavy atom. The van der Waals surface area contributed by atoms with Gasteiger partial charge in [0.15, 0.2) is 0 Å². The van der Waals surface area contributed by atoms with Crippen molar-refractivity contribution in [3.8, 4) is 0 Å². The zero-order valence-corrected chi connectivity index (χ0v) is 13.4. The Kier molecular flexibility index (Phi) is 4.81. The second-order valence-corrected chi connectivity index (χ2v) is 6.70. The van der Waals surface area contributed by atoms with Gasteiger partial charge in [0.2, 0.25) is 0 Å². The summed E-state index contributed by atoms with van der Waals surface area (Å²) in [5, 5.41) is 4.41. The average Bonchev–Trinajstić information content (AvgIpc) is 2.69. The molecule has 4 heteroatoms. The topological polar surface area (TPSA) is 29.3 Å². The molecule has 1 atom stereocenters. The lowest BCUT2D eigenvalue weighted by Gasteiger charge is -2.23. The number of pyridine rings is 1. The number of aromatic nitrogens is 2. The van der Waals surface area contributed by atoms with Crippen LogP contribution in [0, 0.1) is 5.92 Å². The molecule has 0 aromatic carbocycles. The fraction of sp³-hybridized carbons (Fsp3) is 0.588. The predicted octanol–water partition coefficient (Wildman–Crippen LogP) is 4.44. The van der Waals surface area contributed by atoms with Gasteiger partial charge in [0.25, 0.3) is 0 Å². The molecule has 1 N–H and O–H groups in total. The quantitative estimate of drug-likeness (QED) is 0.846. The average molecular weight is 306 g/mol. The maximum absolute atomic E-state index is 6.01. The Morgan fingerprint density at radius 3 is 2.76 bits per heavy atom. The van der Waals surface area contributed by atoms with E-state index < -0.39 is 0 Å². The van der Waals surface area contributed by atoms with Gasteiger partial charge in [-0.2, -0.15) is 0 Å². The molecular formula is C17H24ClN3. The van der Waals surface area contributed by atoms with E-state index in [0.717, 1.165) is 28.8 Å². The first kappa shape index (κ1) is 14.9. The molecule has 2 aromatic rings. The first-order chi connectivity index (χ1) is 10.2. The fourth-order valence-corrected chi connectivity index (χ4v) is 3.51. The molecule has 114 valence electrons. The van der Waals surface area contributed by atoms with Gasteiger partial charge in [0, 0.05) is 25.0 Å². The van der Waals surface area contributed by atoms with E-state index in [2.05, 4.69) is 23.4 Å². The van der Waals surface area contributed by atoms with Crippen LogP contribution in [-0.4, -0.2) is 15.4 Å². The zero-order chi connectivity index (χ0) is 14.7. The van der Waals surface area contributed by atoms with Crippen LogP contribution >= 0.6 is 11.6 Å². The third-order valence-electron chi connectivity index (χ3n) is 4.68. The minimum Gasteiger partial charge on any atom is -0.308 e. The van der Waals surface area contributed by atoms with Crippen molar-refractivity contribution in [3.63, 3.8) is 0 Å². The SMILES string of the molecule is C[C@H](NCc1cn2cc(Cl)ccc2n1)C1CCCCCC1. The monoisotopic (exact) mass is 305 g/mol. The minimum absolute atomic E-state index is 0.566. The van der Waals surface area contributed by atoms with Crippen LogP contribution in [0.15, 0.2) is 24.5 Å². The van der Waals surface area contributed by atoms with Gasteiger partial charge in [0.1, 0.15) is 5.65 Å². The van der Waals surface area contributed by atoms with Crippen molar-refractivity contribution in [2.24, 2.45) is 5.92 Å². The van der Waals surface area contributed by atoms with Crippen molar-refractivity contribution < 1.29 is 0 Å². The third kappa shape index (κ3) is 3.78. The molecule has 2 heterocycles. The van der Waals surface area contributed by atoms with Gasteiger partial charge < -0.3 is 9.72 Å². The summed E-state index contributed by atoms with van der Waals surface area (Å²) in [4.78, 5) is 4.63. The van der Waals surface area contributed by atoms with Gasteiger partial charge in [-0.05, 0) is 37.8 Å². The van der Waals surface area contributed by atoms with Crippen molar-refractivity contribution in [1.29, 1.82) is 0 Å². The van der Waals surface area contributed by atoms with Crippen LogP contribution < -0.4 is 5.32 Å². The van der Waals surface area contributed by atoms with Gasteiger partial charge >= 0.3 is 0 Å². The number of hydrogen-bond acceptors (Lipinski definition) is 2. The highest BCUT2D eigenvalue weighted by Gasteiger charge is 2.18. The van der Waals surface area contributed by atoms with Crippen LogP contribution in [-0.2, 0) is 6.54 Å². The third-order valence-corrected chi connectivity index (χ3v) is 4.90. The Hall–Kier alpha value is -1.06. The van der Waals surface area contributed by atoms with Gasteiger partial charge in [-0.15, -0.1) is 0 Å². The summed E-state index contributed by atoms with van der Waals surface area (Å²) in [6, 6.07) is 4.41. The van der Waals surface area contributed by atoms with Crippen LogP contribution in [0.25, 0.3) is 5.65 Å². The molecule has 2 aromatic heterocycles.